The normalized spacial score (nSPS) is 15.5. The van der Waals surface area contributed by atoms with Gasteiger partial charge in [0.15, 0.2) is 0 Å². The largest absolute Gasteiger partial charge is 0.338 e. The number of likely N-dealkylation sites (tertiary alicyclic amines) is 1. The van der Waals surface area contributed by atoms with Gasteiger partial charge in [0.1, 0.15) is 11.4 Å². The van der Waals surface area contributed by atoms with E-state index in [1.807, 2.05) is 25.1 Å². The average Bonchev–Trinajstić information content (AvgIpc) is 2.98. The van der Waals surface area contributed by atoms with Crippen molar-refractivity contribution in [1.82, 2.24) is 19.4 Å². The second-order valence-electron chi connectivity index (χ2n) is 6.91. The molecular formula is C20H22N4O2. The predicted octanol–water partition coefficient (Wildman–Crippen LogP) is 2.59. The summed E-state index contributed by atoms with van der Waals surface area (Å²) in [7, 11) is 0. The molecule has 3 heterocycles. The monoisotopic (exact) mass is 350 g/mol. The quantitative estimate of drug-likeness (QED) is 0.789. The summed E-state index contributed by atoms with van der Waals surface area (Å²) in [4.78, 5) is 33.4. The number of rotatable bonds is 3. The van der Waals surface area contributed by atoms with E-state index in [9.17, 15) is 9.59 Å². The lowest BCUT2D eigenvalue weighted by molar-refractivity contribution is 0.0681. The number of pyridine rings is 1. The van der Waals surface area contributed by atoms with E-state index in [4.69, 9.17) is 0 Å². The molecule has 1 aliphatic heterocycles. The number of nitrogens with one attached hydrogen (secondary N) is 1. The van der Waals surface area contributed by atoms with Crippen molar-refractivity contribution in [3.63, 3.8) is 0 Å². The molecule has 1 amide bonds. The van der Waals surface area contributed by atoms with E-state index < -0.39 is 0 Å². The van der Waals surface area contributed by atoms with E-state index in [0.717, 1.165) is 30.7 Å². The zero-order chi connectivity index (χ0) is 18.1. The first-order chi connectivity index (χ1) is 12.6. The van der Waals surface area contributed by atoms with Crippen molar-refractivity contribution in [2.24, 2.45) is 5.92 Å². The topological polar surface area (TPSA) is 71.0 Å². The molecule has 0 unspecified atom stereocenters. The SMILES string of the molecule is Cc1nc2ccccc2n1CC1CCN(C(=O)c2ccc[nH]c2=O)CC1. The maximum absolute atomic E-state index is 12.6. The van der Waals surface area contributed by atoms with Gasteiger partial charge in [0, 0.05) is 25.8 Å². The molecule has 0 radical (unpaired) electrons. The molecule has 2 aromatic heterocycles. The van der Waals surface area contributed by atoms with Crippen molar-refractivity contribution in [3.05, 3.63) is 64.3 Å². The third-order valence-corrected chi connectivity index (χ3v) is 5.24. The molecule has 1 saturated heterocycles. The highest BCUT2D eigenvalue weighted by Crippen LogP contribution is 2.24. The Labute approximate surface area is 151 Å². The molecule has 1 fully saturated rings. The van der Waals surface area contributed by atoms with Gasteiger partial charge in [-0.2, -0.15) is 0 Å². The molecule has 26 heavy (non-hydrogen) atoms. The van der Waals surface area contributed by atoms with Gasteiger partial charge < -0.3 is 14.5 Å². The van der Waals surface area contributed by atoms with E-state index >= 15 is 0 Å². The Morgan fingerprint density at radius 3 is 2.73 bits per heavy atom. The summed E-state index contributed by atoms with van der Waals surface area (Å²) in [6.07, 6.45) is 3.41. The van der Waals surface area contributed by atoms with E-state index in [0.29, 0.717) is 19.0 Å². The van der Waals surface area contributed by atoms with Gasteiger partial charge in [-0.25, -0.2) is 4.98 Å². The first-order valence-electron chi connectivity index (χ1n) is 9.02. The van der Waals surface area contributed by atoms with Crippen LogP contribution in [0, 0.1) is 12.8 Å². The van der Waals surface area contributed by atoms with Crippen LogP contribution in [0.1, 0.15) is 29.0 Å². The second-order valence-corrected chi connectivity index (χ2v) is 6.91. The number of carbonyl (C=O) groups is 1. The molecule has 134 valence electrons. The molecule has 0 atom stereocenters. The maximum atomic E-state index is 12.6. The Balaban J connectivity index is 1.44. The third-order valence-electron chi connectivity index (χ3n) is 5.24. The van der Waals surface area contributed by atoms with Crippen LogP contribution in [0.4, 0.5) is 0 Å². The van der Waals surface area contributed by atoms with Crippen molar-refractivity contribution in [3.8, 4) is 0 Å². The predicted molar refractivity (Wildman–Crippen MR) is 100 cm³/mol. The van der Waals surface area contributed by atoms with Crippen LogP contribution in [0.25, 0.3) is 11.0 Å². The molecule has 0 bridgehead atoms. The van der Waals surface area contributed by atoms with Crippen LogP contribution >= 0.6 is 0 Å². The molecule has 0 spiro atoms. The second kappa shape index (κ2) is 6.78. The Morgan fingerprint density at radius 1 is 1.19 bits per heavy atom. The van der Waals surface area contributed by atoms with Gasteiger partial charge in [-0.1, -0.05) is 12.1 Å². The molecule has 1 N–H and O–H groups in total. The number of carbonyl (C=O) groups excluding carboxylic acids is 1. The van der Waals surface area contributed by atoms with Gasteiger partial charge in [-0.05, 0) is 49.9 Å². The van der Waals surface area contributed by atoms with Crippen LogP contribution in [-0.4, -0.2) is 38.4 Å². The van der Waals surface area contributed by atoms with Gasteiger partial charge in [-0.15, -0.1) is 0 Å². The lowest BCUT2D eigenvalue weighted by atomic mass is 9.96. The van der Waals surface area contributed by atoms with E-state index in [2.05, 4.69) is 20.6 Å². The number of imidazole rings is 1. The van der Waals surface area contributed by atoms with Crippen LogP contribution in [0.15, 0.2) is 47.4 Å². The molecule has 1 aliphatic rings. The van der Waals surface area contributed by atoms with Crippen molar-refractivity contribution >= 4 is 16.9 Å². The maximum Gasteiger partial charge on any atom is 0.260 e. The minimum atomic E-state index is -0.319. The molecule has 6 heteroatoms. The minimum absolute atomic E-state index is 0.172. The van der Waals surface area contributed by atoms with E-state index in [1.54, 1.807) is 23.2 Å². The van der Waals surface area contributed by atoms with Gasteiger partial charge in [0.25, 0.3) is 11.5 Å². The number of piperidine rings is 1. The zero-order valence-electron chi connectivity index (χ0n) is 14.8. The summed E-state index contributed by atoms with van der Waals surface area (Å²) in [6.45, 7) is 4.33. The summed E-state index contributed by atoms with van der Waals surface area (Å²) < 4.78 is 2.28. The van der Waals surface area contributed by atoms with Gasteiger partial charge in [0.2, 0.25) is 0 Å². The summed E-state index contributed by atoms with van der Waals surface area (Å²) in [5.74, 6) is 1.36. The number of aromatic amines is 1. The van der Waals surface area contributed by atoms with Crippen molar-refractivity contribution in [2.75, 3.05) is 13.1 Å². The first-order valence-corrected chi connectivity index (χ1v) is 9.02. The van der Waals surface area contributed by atoms with E-state index in [-0.39, 0.29) is 17.0 Å². The van der Waals surface area contributed by atoms with Crippen LogP contribution in [0.5, 0.6) is 0 Å². The average molecular weight is 350 g/mol. The standard InChI is InChI=1S/C20H22N4O2/c1-14-22-17-6-2-3-7-18(17)24(14)13-15-8-11-23(12-9-15)20(26)16-5-4-10-21-19(16)25/h2-7,10,15H,8-9,11-13H2,1H3,(H,21,25). The van der Waals surface area contributed by atoms with Gasteiger partial charge in [-0.3, -0.25) is 9.59 Å². The fourth-order valence-electron chi connectivity index (χ4n) is 3.76. The highest BCUT2D eigenvalue weighted by molar-refractivity contribution is 5.93. The number of hydrogen-bond acceptors (Lipinski definition) is 3. The van der Waals surface area contributed by atoms with Crippen molar-refractivity contribution in [2.45, 2.75) is 26.3 Å². The Bertz CT molecular complexity index is 996. The van der Waals surface area contributed by atoms with Crippen LogP contribution in [0.3, 0.4) is 0 Å². The summed E-state index contributed by atoms with van der Waals surface area (Å²) in [5, 5.41) is 0. The highest BCUT2D eigenvalue weighted by Gasteiger charge is 2.25. The summed E-state index contributed by atoms with van der Waals surface area (Å²) in [6, 6.07) is 11.5. The number of nitrogens with zero attached hydrogens (tertiary/aromatic N) is 3. The number of hydrogen-bond donors (Lipinski definition) is 1. The number of aryl methyl sites for hydroxylation is 1. The smallest absolute Gasteiger partial charge is 0.260 e. The molecule has 1 aromatic carbocycles. The molecule has 3 aromatic rings. The van der Waals surface area contributed by atoms with Crippen LogP contribution < -0.4 is 5.56 Å². The highest BCUT2D eigenvalue weighted by atomic mass is 16.2. The lowest BCUT2D eigenvalue weighted by Crippen LogP contribution is -2.41. The first kappa shape index (κ1) is 16.6. The fourth-order valence-corrected chi connectivity index (χ4v) is 3.76. The van der Waals surface area contributed by atoms with Crippen LogP contribution in [0.2, 0.25) is 0 Å². The number of aromatic nitrogens is 3. The molecule has 0 saturated carbocycles. The van der Waals surface area contributed by atoms with Crippen molar-refractivity contribution < 1.29 is 4.79 Å². The van der Waals surface area contributed by atoms with Crippen molar-refractivity contribution in [1.29, 1.82) is 0 Å². The Hall–Kier alpha value is -2.89. The third kappa shape index (κ3) is 3.03. The lowest BCUT2D eigenvalue weighted by Gasteiger charge is -2.32. The number of benzene rings is 1. The summed E-state index contributed by atoms with van der Waals surface area (Å²) >= 11 is 0. The number of fused-ring (bicyclic) bond motifs is 1. The minimum Gasteiger partial charge on any atom is -0.338 e. The van der Waals surface area contributed by atoms with Crippen LogP contribution in [-0.2, 0) is 6.54 Å². The molecule has 4 rings (SSSR count). The fraction of sp³-hybridized carbons (Fsp3) is 0.350. The van der Waals surface area contributed by atoms with E-state index in [1.165, 1.54) is 5.52 Å². The molecular weight excluding hydrogens is 328 g/mol. The number of H-pyrrole nitrogens is 1. The zero-order valence-corrected chi connectivity index (χ0v) is 14.8. The van der Waals surface area contributed by atoms with Gasteiger partial charge in [0.05, 0.1) is 11.0 Å². The molecule has 0 aliphatic carbocycles. The Morgan fingerprint density at radius 2 is 1.96 bits per heavy atom. The van der Waals surface area contributed by atoms with Gasteiger partial charge >= 0.3 is 0 Å². The summed E-state index contributed by atoms with van der Waals surface area (Å²) in [5.41, 5.74) is 2.10. The number of para-hydroxylation sites is 2. The number of amides is 1. The molecule has 6 nitrogen and oxygen atoms in total. The Kier molecular flexibility index (Phi) is 4.32.